The molecule has 0 aromatic heterocycles. The molecule has 1 aliphatic heterocycles. The molecule has 2 unspecified atom stereocenters. The van der Waals surface area contributed by atoms with Gasteiger partial charge >= 0.3 is 0 Å². The zero-order valence-corrected chi connectivity index (χ0v) is 10.3. The van der Waals surface area contributed by atoms with Gasteiger partial charge in [0, 0.05) is 12.6 Å². The van der Waals surface area contributed by atoms with E-state index in [4.69, 9.17) is 14.2 Å². The molecule has 2 atom stereocenters. The third-order valence-electron chi connectivity index (χ3n) is 2.77. The SMILES string of the molecule is COc1cccc(OCC2COC(C)CN2)c1. The third-order valence-corrected chi connectivity index (χ3v) is 2.77. The van der Waals surface area contributed by atoms with Gasteiger partial charge in [0.1, 0.15) is 18.1 Å². The number of ether oxygens (including phenoxy) is 3. The van der Waals surface area contributed by atoms with Gasteiger partial charge in [-0.15, -0.1) is 0 Å². The van der Waals surface area contributed by atoms with Crippen molar-refractivity contribution in [3.8, 4) is 11.5 Å². The number of morpholine rings is 1. The van der Waals surface area contributed by atoms with Gasteiger partial charge in [-0.25, -0.2) is 0 Å². The van der Waals surface area contributed by atoms with E-state index >= 15 is 0 Å². The summed E-state index contributed by atoms with van der Waals surface area (Å²) >= 11 is 0. The van der Waals surface area contributed by atoms with Crippen molar-refractivity contribution in [1.29, 1.82) is 0 Å². The van der Waals surface area contributed by atoms with Crippen LogP contribution >= 0.6 is 0 Å². The lowest BCUT2D eigenvalue weighted by molar-refractivity contribution is 0.00455. The Hall–Kier alpha value is -1.26. The highest BCUT2D eigenvalue weighted by Crippen LogP contribution is 2.19. The van der Waals surface area contributed by atoms with Crippen LogP contribution in [0.15, 0.2) is 24.3 Å². The molecule has 17 heavy (non-hydrogen) atoms. The van der Waals surface area contributed by atoms with Crippen molar-refractivity contribution in [2.45, 2.75) is 19.1 Å². The molecule has 4 nitrogen and oxygen atoms in total. The number of methoxy groups -OCH3 is 1. The van der Waals surface area contributed by atoms with Gasteiger partial charge in [0.25, 0.3) is 0 Å². The molecule has 0 bridgehead atoms. The second-order valence-corrected chi connectivity index (χ2v) is 4.24. The first-order chi connectivity index (χ1) is 8.28. The van der Waals surface area contributed by atoms with Crippen molar-refractivity contribution in [2.75, 3.05) is 26.9 Å². The summed E-state index contributed by atoms with van der Waals surface area (Å²) in [6.07, 6.45) is 0.295. The predicted octanol–water partition coefficient (Wildman–Crippen LogP) is 1.45. The number of rotatable bonds is 4. The van der Waals surface area contributed by atoms with Gasteiger partial charge in [0.05, 0.1) is 25.9 Å². The maximum atomic E-state index is 5.70. The molecule has 1 aromatic carbocycles. The predicted molar refractivity (Wildman–Crippen MR) is 65.7 cm³/mol. The highest BCUT2D eigenvalue weighted by molar-refractivity contribution is 5.32. The molecular formula is C13H19NO3. The van der Waals surface area contributed by atoms with Crippen molar-refractivity contribution >= 4 is 0 Å². The van der Waals surface area contributed by atoms with E-state index in [0.717, 1.165) is 18.0 Å². The van der Waals surface area contributed by atoms with Crippen molar-refractivity contribution in [2.24, 2.45) is 0 Å². The molecule has 0 spiro atoms. The fourth-order valence-corrected chi connectivity index (χ4v) is 1.73. The van der Waals surface area contributed by atoms with E-state index in [1.54, 1.807) is 7.11 Å². The average molecular weight is 237 g/mol. The van der Waals surface area contributed by atoms with Gasteiger partial charge in [-0.2, -0.15) is 0 Å². The van der Waals surface area contributed by atoms with Gasteiger partial charge in [-0.3, -0.25) is 0 Å². The smallest absolute Gasteiger partial charge is 0.123 e. The average Bonchev–Trinajstić information content (AvgIpc) is 2.38. The first kappa shape index (κ1) is 12.2. The van der Waals surface area contributed by atoms with Crippen molar-refractivity contribution < 1.29 is 14.2 Å². The fraction of sp³-hybridized carbons (Fsp3) is 0.538. The molecule has 94 valence electrons. The lowest BCUT2D eigenvalue weighted by Crippen LogP contribution is -2.48. The first-order valence-electron chi connectivity index (χ1n) is 5.90. The van der Waals surface area contributed by atoms with E-state index in [1.165, 1.54) is 0 Å². The quantitative estimate of drug-likeness (QED) is 0.860. The largest absolute Gasteiger partial charge is 0.497 e. The normalized spacial score (nSPS) is 24.4. The minimum atomic E-state index is 0.261. The van der Waals surface area contributed by atoms with Crippen molar-refractivity contribution in [3.05, 3.63) is 24.3 Å². The number of hydrogen-bond donors (Lipinski definition) is 1. The zero-order valence-electron chi connectivity index (χ0n) is 10.3. The van der Waals surface area contributed by atoms with Crippen LogP contribution in [0.2, 0.25) is 0 Å². The lowest BCUT2D eigenvalue weighted by atomic mass is 10.2. The maximum Gasteiger partial charge on any atom is 0.123 e. The molecule has 1 aliphatic rings. The van der Waals surface area contributed by atoms with Gasteiger partial charge in [0.2, 0.25) is 0 Å². The molecule has 1 saturated heterocycles. The van der Waals surface area contributed by atoms with Crippen LogP contribution in [-0.2, 0) is 4.74 Å². The van der Waals surface area contributed by atoms with E-state index < -0.39 is 0 Å². The van der Waals surface area contributed by atoms with Crippen LogP contribution in [0.1, 0.15) is 6.92 Å². The second-order valence-electron chi connectivity index (χ2n) is 4.24. The Labute approximate surface area is 102 Å². The second kappa shape index (κ2) is 5.89. The molecule has 1 fully saturated rings. The first-order valence-corrected chi connectivity index (χ1v) is 5.90. The Bertz CT molecular complexity index is 348. The van der Waals surface area contributed by atoms with Gasteiger partial charge in [-0.1, -0.05) is 6.07 Å². The molecule has 0 saturated carbocycles. The summed E-state index contributed by atoms with van der Waals surface area (Å²) in [7, 11) is 1.65. The molecule has 1 N–H and O–H groups in total. The Morgan fingerprint density at radius 1 is 1.41 bits per heavy atom. The molecular weight excluding hydrogens is 218 g/mol. The Balaban J connectivity index is 1.81. The minimum absolute atomic E-state index is 0.261. The van der Waals surface area contributed by atoms with Crippen LogP contribution in [0.25, 0.3) is 0 Å². The van der Waals surface area contributed by atoms with Crippen LogP contribution in [-0.4, -0.2) is 39.0 Å². The van der Waals surface area contributed by atoms with E-state index in [9.17, 15) is 0 Å². The molecule has 2 rings (SSSR count). The summed E-state index contributed by atoms with van der Waals surface area (Å²) in [5, 5.41) is 3.39. The molecule has 1 heterocycles. The van der Waals surface area contributed by atoms with E-state index in [1.807, 2.05) is 24.3 Å². The summed E-state index contributed by atoms with van der Waals surface area (Å²) in [6.45, 7) is 4.25. The van der Waals surface area contributed by atoms with E-state index in [2.05, 4.69) is 12.2 Å². The summed E-state index contributed by atoms with van der Waals surface area (Å²) in [4.78, 5) is 0. The highest BCUT2D eigenvalue weighted by Gasteiger charge is 2.18. The number of nitrogens with one attached hydrogen (secondary N) is 1. The van der Waals surface area contributed by atoms with Crippen LogP contribution < -0.4 is 14.8 Å². The summed E-state index contributed by atoms with van der Waals surface area (Å²) < 4.78 is 16.4. The molecule has 1 aromatic rings. The van der Waals surface area contributed by atoms with Gasteiger partial charge < -0.3 is 19.5 Å². The topological polar surface area (TPSA) is 39.7 Å². The maximum absolute atomic E-state index is 5.70. The third kappa shape index (κ3) is 3.61. The van der Waals surface area contributed by atoms with E-state index in [0.29, 0.717) is 19.3 Å². The Morgan fingerprint density at radius 2 is 2.24 bits per heavy atom. The van der Waals surface area contributed by atoms with Gasteiger partial charge in [-0.05, 0) is 19.1 Å². The summed E-state index contributed by atoms with van der Waals surface area (Å²) in [6, 6.07) is 7.89. The minimum Gasteiger partial charge on any atom is -0.497 e. The fourth-order valence-electron chi connectivity index (χ4n) is 1.73. The number of hydrogen-bond acceptors (Lipinski definition) is 4. The highest BCUT2D eigenvalue weighted by atomic mass is 16.5. The Morgan fingerprint density at radius 3 is 2.94 bits per heavy atom. The van der Waals surface area contributed by atoms with Crippen LogP contribution in [0.5, 0.6) is 11.5 Å². The van der Waals surface area contributed by atoms with Crippen LogP contribution in [0.3, 0.4) is 0 Å². The monoisotopic (exact) mass is 237 g/mol. The van der Waals surface area contributed by atoms with Crippen LogP contribution in [0.4, 0.5) is 0 Å². The Kier molecular flexibility index (Phi) is 4.23. The lowest BCUT2D eigenvalue weighted by Gasteiger charge is -2.28. The molecule has 0 radical (unpaired) electrons. The summed E-state index contributed by atoms with van der Waals surface area (Å²) in [5.41, 5.74) is 0. The molecule has 4 heteroatoms. The standard InChI is InChI=1S/C13H19NO3/c1-10-7-14-11(8-16-10)9-17-13-5-3-4-12(6-13)15-2/h3-6,10-11,14H,7-9H2,1-2H3. The number of benzene rings is 1. The molecule has 0 aliphatic carbocycles. The van der Waals surface area contributed by atoms with Crippen molar-refractivity contribution in [3.63, 3.8) is 0 Å². The van der Waals surface area contributed by atoms with Crippen molar-refractivity contribution in [1.82, 2.24) is 5.32 Å². The zero-order chi connectivity index (χ0) is 12.1. The van der Waals surface area contributed by atoms with Gasteiger partial charge in [0.15, 0.2) is 0 Å². The van der Waals surface area contributed by atoms with E-state index in [-0.39, 0.29) is 6.04 Å². The molecule has 0 amide bonds. The van der Waals surface area contributed by atoms with Crippen LogP contribution in [0, 0.1) is 0 Å². The summed E-state index contributed by atoms with van der Waals surface area (Å²) in [5.74, 6) is 1.63.